The van der Waals surface area contributed by atoms with E-state index in [-0.39, 0.29) is 5.24 Å². The van der Waals surface area contributed by atoms with Gasteiger partial charge in [-0.25, -0.2) is 0 Å². The van der Waals surface area contributed by atoms with Crippen LogP contribution < -0.4 is 4.90 Å². The average molecular weight is 223 g/mol. The van der Waals surface area contributed by atoms with Gasteiger partial charge in [0.1, 0.15) is 0 Å². The molecule has 0 saturated heterocycles. The number of rotatable bonds is 3. The van der Waals surface area contributed by atoms with E-state index in [4.69, 9.17) is 0 Å². The lowest BCUT2D eigenvalue weighted by atomic mass is 9.98. The van der Waals surface area contributed by atoms with Crippen molar-refractivity contribution in [1.82, 2.24) is 0 Å². The summed E-state index contributed by atoms with van der Waals surface area (Å²) in [6.45, 7) is 4.37. The predicted molar refractivity (Wildman–Crippen MR) is 67.9 cm³/mol. The summed E-state index contributed by atoms with van der Waals surface area (Å²) in [7, 11) is 1.72. The van der Waals surface area contributed by atoms with Crippen molar-refractivity contribution in [3.63, 3.8) is 0 Å². The summed E-state index contributed by atoms with van der Waals surface area (Å²) >= 11 is 3.78. The molecule has 0 aromatic heterocycles. The van der Waals surface area contributed by atoms with E-state index in [1.165, 1.54) is 10.5 Å². The third-order valence-electron chi connectivity index (χ3n) is 2.75. The minimum Gasteiger partial charge on any atom is -0.307 e. The second kappa shape index (κ2) is 5.21. The Hall–Kier alpha value is -0.960. The Morgan fingerprint density at radius 1 is 1.40 bits per heavy atom. The molecule has 0 aliphatic rings. The Morgan fingerprint density at radius 3 is 2.33 bits per heavy atom. The second-order valence-corrected chi connectivity index (χ2v) is 4.12. The molecule has 0 bridgehead atoms. The van der Waals surface area contributed by atoms with E-state index in [2.05, 4.69) is 38.6 Å². The third-order valence-corrected chi connectivity index (χ3v) is 3.05. The van der Waals surface area contributed by atoms with Crippen LogP contribution in [0, 0.1) is 0 Å². The molecule has 3 heteroatoms. The van der Waals surface area contributed by atoms with E-state index >= 15 is 0 Å². The largest absolute Gasteiger partial charge is 0.307 e. The van der Waals surface area contributed by atoms with Gasteiger partial charge in [-0.15, -0.1) is 0 Å². The van der Waals surface area contributed by atoms with Crippen LogP contribution in [0.25, 0.3) is 0 Å². The van der Waals surface area contributed by atoms with Crippen molar-refractivity contribution in [2.45, 2.75) is 26.2 Å². The number of carbonyl (C=O) groups is 1. The van der Waals surface area contributed by atoms with Gasteiger partial charge in [0.05, 0.1) is 0 Å². The first kappa shape index (κ1) is 12.1. The second-order valence-electron chi connectivity index (χ2n) is 3.74. The zero-order valence-electron chi connectivity index (χ0n) is 9.40. The summed E-state index contributed by atoms with van der Waals surface area (Å²) in [6, 6.07) is 8.04. The van der Waals surface area contributed by atoms with Crippen LogP contribution in [-0.2, 0) is 0 Å². The Bertz CT molecular complexity index is 334. The number of amides is 1. The Morgan fingerprint density at radius 2 is 1.93 bits per heavy atom. The standard InChI is InChI=1S/C12H17NOS/c1-4-9(2)10-5-7-11(8-6-10)13(3)12(14)15/h5-9H,4H2,1-3H3,(H,14,15). The number of carbonyl (C=O) groups excluding carboxylic acids is 1. The van der Waals surface area contributed by atoms with Crippen LogP contribution in [0.15, 0.2) is 24.3 Å². The van der Waals surface area contributed by atoms with Crippen LogP contribution in [0.3, 0.4) is 0 Å². The summed E-state index contributed by atoms with van der Waals surface area (Å²) in [5.41, 5.74) is 2.18. The van der Waals surface area contributed by atoms with Crippen LogP contribution in [-0.4, -0.2) is 12.3 Å². The molecule has 1 aromatic rings. The van der Waals surface area contributed by atoms with Crippen molar-refractivity contribution >= 4 is 23.6 Å². The average Bonchev–Trinajstić information content (AvgIpc) is 2.27. The van der Waals surface area contributed by atoms with Crippen molar-refractivity contribution in [3.05, 3.63) is 29.8 Å². The Kier molecular flexibility index (Phi) is 4.21. The number of hydrogen-bond acceptors (Lipinski definition) is 1. The lowest BCUT2D eigenvalue weighted by Gasteiger charge is -2.15. The summed E-state index contributed by atoms with van der Waals surface area (Å²) in [5.74, 6) is 0.566. The maximum atomic E-state index is 11.0. The maximum absolute atomic E-state index is 11.0. The van der Waals surface area contributed by atoms with Crippen molar-refractivity contribution in [3.8, 4) is 0 Å². The molecule has 1 atom stereocenters. The van der Waals surface area contributed by atoms with Gasteiger partial charge in [-0.05, 0) is 30.0 Å². The highest BCUT2D eigenvalue weighted by atomic mass is 32.1. The van der Waals surface area contributed by atoms with Crippen molar-refractivity contribution < 1.29 is 4.79 Å². The van der Waals surface area contributed by atoms with E-state index in [1.54, 1.807) is 7.05 Å². The zero-order valence-corrected chi connectivity index (χ0v) is 10.3. The smallest absolute Gasteiger partial charge is 0.282 e. The monoisotopic (exact) mass is 223 g/mol. The van der Waals surface area contributed by atoms with Gasteiger partial charge in [0.2, 0.25) is 0 Å². The van der Waals surface area contributed by atoms with Gasteiger partial charge >= 0.3 is 0 Å². The van der Waals surface area contributed by atoms with Crippen LogP contribution in [0.1, 0.15) is 31.7 Å². The molecule has 0 saturated carbocycles. The van der Waals surface area contributed by atoms with E-state index in [1.807, 2.05) is 12.1 Å². The van der Waals surface area contributed by atoms with Crippen LogP contribution in [0.4, 0.5) is 10.5 Å². The maximum Gasteiger partial charge on any atom is 0.282 e. The van der Waals surface area contributed by atoms with Gasteiger partial charge in [-0.3, -0.25) is 4.79 Å². The molecule has 0 radical (unpaired) electrons. The fraction of sp³-hybridized carbons (Fsp3) is 0.417. The van der Waals surface area contributed by atoms with Gasteiger partial charge in [-0.2, -0.15) is 0 Å². The molecule has 0 spiro atoms. The first-order valence-corrected chi connectivity index (χ1v) is 5.57. The molecule has 0 fully saturated rings. The SMILES string of the molecule is CCC(C)c1ccc(N(C)C(=O)S)cc1. The van der Waals surface area contributed by atoms with E-state index in [0.717, 1.165) is 12.1 Å². The molecular weight excluding hydrogens is 206 g/mol. The molecule has 1 amide bonds. The number of thiol groups is 1. The fourth-order valence-electron chi connectivity index (χ4n) is 1.37. The lowest BCUT2D eigenvalue weighted by Crippen LogP contribution is -2.19. The van der Waals surface area contributed by atoms with Crippen LogP contribution >= 0.6 is 12.6 Å². The fourth-order valence-corrected chi connectivity index (χ4v) is 1.49. The third kappa shape index (κ3) is 2.99. The Balaban J connectivity index is 2.85. The topological polar surface area (TPSA) is 20.3 Å². The molecule has 0 aliphatic carbocycles. The minimum atomic E-state index is -0.244. The summed E-state index contributed by atoms with van der Waals surface area (Å²) in [6.07, 6.45) is 1.13. The number of hydrogen-bond donors (Lipinski definition) is 1. The molecule has 0 aliphatic heterocycles. The highest BCUT2D eigenvalue weighted by Gasteiger charge is 2.07. The first-order chi connectivity index (χ1) is 7.06. The lowest BCUT2D eigenvalue weighted by molar-refractivity contribution is 0.266. The molecule has 1 aromatic carbocycles. The van der Waals surface area contributed by atoms with Crippen molar-refractivity contribution in [1.29, 1.82) is 0 Å². The molecule has 2 nitrogen and oxygen atoms in total. The number of anilines is 1. The molecule has 15 heavy (non-hydrogen) atoms. The Labute approximate surface area is 96.7 Å². The molecular formula is C12H17NOS. The highest BCUT2D eigenvalue weighted by molar-refractivity contribution is 7.96. The summed E-state index contributed by atoms with van der Waals surface area (Å²) in [5, 5.41) is -0.244. The minimum absolute atomic E-state index is 0.244. The van der Waals surface area contributed by atoms with E-state index in [9.17, 15) is 4.79 Å². The molecule has 1 unspecified atom stereocenters. The molecule has 82 valence electrons. The first-order valence-electron chi connectivity index (χ1n) is 5.12. The zero-order chi connectivity index (χ0) is 11.4. The van der Waals surface area contributed by atoms with Crippen LogP contribution in [0.5, 0.6) is 0 Å². The van der Waals surface area contributed by atoms with Gasteiger partial charge in [0.15, 0.2) is 0 Å². The normalized spacial score (nSPS) is 12.3. The van der Waals surface area contributed by atoms with E-state index in [0.29, 0.717) is 5.92 Å². The van der Waals surface area contributed by atoms with Crippen LogP contribution in [0.2, 0.25) is 0 Å². The molecule has 0 heterocycles. The van der Waals surface area contributed by atoms with Gasteiger partial charge in [0.25, 0.3) is 5.24 Å². The van der Waals surface area contributed by atoms with Gasteiger partial charge in [0, 0.05) is 12.7 Å². The quantitative estimate of drug-likeness (QED) is 0.775. The summed E-state index contributed by atoms with van der Waals surface area (Å²) in [4.78, 5) is 12.5. The van der Waals surface area contributed by atoms with E-state index < -0.39 is 0 Å². The number of nitrogens with zero attached hydrogens (tertiary/aromatic N) is 1. The highest BCUT2D eigenvalue weighted by Crippen LogP contribution is 2.22. The predicted octanol–water partition coefficient (Wildman–Crippen LogP) is 3.69. The van der Waals surface area contributed by atoms with Crippen molar-refractivity contribution in [2.75, 3.05) is 11.9 Å². The van der Waals surface area contributed by atoms with Gasteiger partial charge < -0.3 is 4.90 Å². The molecule has 1 rings (SSSR count). The van der Waals surface area contributed by atoms with Gasteiger partial charge in [-0.1, -0.05) is 38.6 Å². The number of benzene rings is 1. The molecule has 0 N–H and O–H groups in total. The summed E-state index contributed by atoms with van der Waals surface area (Å²) < 4.78 is 0. The van der Waals surface area contributed by atoms with Crippen molar-refractivity contribution in [2.24, 2.45) is 0 Å².